The van der Waals surface area contributed by atoms with Crippen molar-refractivity contribution in [3.05, 3.63) is 82.4 Å². The Morgan fingerprint density at radius 1 is 1.17 bits per heavy atom. The van der Waals surface area contributed by atoms with Gasteiger partial charge < -0.3 is 20.1 Å². The molecule has 6 nitrogen and oxygen atoms in total. The van der Waals surface area contributed by atoms with Crippen LogP contribution in [0.1, 0.15) is 36.6 Å². The number of aryl methyl sites for hydroxylation is 2. The van der Waals surface area contributed by atoms with Crippen LogP contribution in [0.25, 0.3) is 0 Å². The van der Waals surface area contributed by atoms with E-state index in [1.54, 1.807) is 6.07 Å². The van der Waals surface area contributed by atoms with Crippen LogP contribution in [0.15, 0.2) is 60.7 Å². The third-order valence-electron chi connectivity index (χ3n) is 6.79. The van der Waals surface area contributed by atoms with Gasteiger partial charge in [0, 0.05) is 22.0 Å². The van der Waals surface area contributed by atoms with Gasteiger partial charge in [-0.25, -0.2) is 0 Å². The quantitative estimate of drug-likeness (QED) is 0.392. The van der Waals surface area contributed by atoms with Gasteiger partial charge in [0.25, 0.3) is 0 Å². The zero-order chi connectivity index (χ0) is 25.6. The molecule has 3 aromatic rings. The number of carbonyl (C=O) groups is 1. The van der Waals surface area contributed by atoms with E-state index in [2.05, 4.69) is 10.6 Å². The molecule has 0 unspecified atom stereocenters. The molecule has 0 saturated carbocycles. The molecule has 8 heteroatoms. The number of anilines is 2. The van der Waals surface area contributed by atoms with E-state index in [1.165, 1.54) is 0 Å². The van der Waals surface area contributed by atoms with Crippen LogP contribution in [-0.2, 0) is 4.79 Å². The van der Waals surface area contributed by atoms with Crippen molar-refractivity contribution >= 4 is 46.2 Å². The fourth-order valence-corrected chi connectivity index (χ4v) is 5.76. The number of benzene rings is 3. The zero-order valence-corrected chi connectivity index (χ0v) is 22.2. The van der Waals surface area contributed by atoms with Crippen molar-refractivity contribution in [2.75, 3.05) is 16.8 Å². The second-order valence-corrected chi connectivity index (χ2v) is 10.1. The summed E-state index contributed by atoms with van der Waals surface area (Å²) in [5, 5.41) is 7.58. The fraction of sp³-hybridized carbons (Fsp3) is 0.286. The van der Waals surface area contributed by atoms with E-state index in [1.807, 2.05) is 87.2 Å². The molecule has 0 radical (unpaired) electrons. The van der Waals surface area contributed by atoms with Crippen LogP contribution in [0.2, 0.25) is 5.02 Å². The van der Waals surface area contributed by atoms with Crippen molar-refractivity contribution < 1.29 is 14.3 Å². The third kappa shape index (κ3) is 4.16. The number of nitrogens with zero attached hydrogens (tertiary/aromatic N) is 1. The van der Waals surface area contributed by atoms with E-state index in [0.717, 1.165) is 33.8 Å². The number of halogens is 1. The molecule has 2 aliphatic heterocycles. The standard InChI is InChI=1S/C28H28ClN3O3S/c1-5-34-20-10-8-19(9-11-20)32-27(36)31-25-21-15-18(29)7-13-23(21)35-28(32,4)24(25)26(33)30-22-12-6-16(2)14-17(22)3/h6-15,24-25H,5H2,1-4H3,(H,30,33)(H,31,36)/t24-,25+,28-/m0/s1. The highest BCUT2D eigenvalue weighted by Crippen LogP contribution is 2.50. The SMILES string of the molecule is CCOc1ccc(N2C(=S)N[C@@H]3c4cc(Cl)ccc4O[C@@]2(C)[C@@H]3C(=O)Nc2ccc(C)cc2C)cc1. The molecule has 3 aromatic carbocycles. The molecule has 1 amide bonds. The molecule has 186 valence electrons. The Bertz CT molecular complexity index is 1350. The van der Waals surface area contributed by atoms with Crippen LogP contribution in [0.5, 0.6) is 11.5 Å². The Kier molecular flexibility index (Phi) is 6.30. The van der Waals surface area contributed by atoms with Gasteiger partial charge in [-0.05, 0) is 94.0 Å². The summed E-state index contributed by atoms with van der Waals surface area (Å²) in [6.45, 7) is 8.44. The number of nitrogens with one attached hydrogen (secondary N) is 2. The summed E-state index contributed by atoms with van der Waals surface area (Å²) >= 11 is 12.2. The number of rotatable bonds is 5. The maximum absolute atomic E-state index is 14.0. The molecule has 2 N–H and O–H groups in total. The van der Waals surface area contributed by atoms with Crippen LogP contribution in [0.4, 0.5) is 11.4 Å². The van der Waals surface area contributed by atoms with E-state index in [9.17, 15) is 4.79 Å². The molecule has 1 saturated heterocycles. The molecule has 2 heterocycles. The van der Waals surface area contributed by atoms with Crippen molar-refractivity contribution in [1.82, 2.24) is 5.32 Å². The van der Waals surface area contributed by atoms with E-state index >= 15 is 0 Å². The Hall–Kier alpha value is -3.29. The van der Waals surface area contributed by atoms with Gasteiger partial charge >= 0.3 is 0 Å². The lowest BCUT2D eigenvalue weighted by Crippen LogP contribution is -2.72. The van der Waals surface area contributed by atoms with Crippen LogP contribution >= 0.6 is 23.8 Å². The van der Waals surface area contributed by atoms with E-state index in [4.69, 9.17) is 33.3 Å². The summed E-state index contributed by atoms with van der Waals surface area (Å²) in [6, 6.07) is 18.6. The summed E-state index contributed by atoms with van der Waals surface area (Å²) in [6.07, 6.45) is 0. The molecule has 2 bridgehead atoms. The monoisotopic (exact) mass is 521 g/mol. The van der Waals surface area contributed by atoms with Crippen LogP contribution in [0, 0.1) is 19.8 Å². The summed E-state index contributed by atoms with van der Waals surface area (Å²) < 4.78 is 12.2. The minimum absolute atomic E-state index is 0.175. The molecule has 5 rings (SSSR count). The molecule has 36 heavy (non-hydrogen) atoms. The van der Waals surface area contributed by atoms with Crippen LogP contribution in [-0.4, -0.2) is 23.4 Å². The number of amides is 1. The van der Waals surface area contributed by atoms with Crippen LogP contribution < -0.4 is 25.0 Å². The number of fused-ring (bicyclic) bond motifs is 4. The molecule has 3 atom stereocenters. The average Bonchev–Trinajstić information content (AvgIpc) is 2.82. The lowest BCUT2D eigenvalue weighted by Gasteiger charge is -2.56. The van der Waals surface area contributed by atoms with Gasteiger partial charge in [0.1, 0.15) is 17.4 Å². The summed E-state index contributed by atoms with van der Waals surface area (Å²) in [4.78, 5) is 15.9. The normalized spacial score (nSPS) is 22.2. The Morgan fingerprint density at radius 2 is 1.92 bits per heavy atom. The lowest BCUT2D eigenvalue weighted by molar-refractivity contribution is -0.130. The van der Waals surface area contributed by atoms with Crippen LogP contribution in [0.3, 0.4) is 0 Å². The number of thiocarbonyl (C=S) groups is 1. The van der Waals surface area contributed by atoms with Crippen molar-refractivity contribution in [2.45, 2.75) is 39.5 Å². The van der Waals surface area contributed by atoms with Crippen molar-refractivity contribution in [3.63, 3.8) is 0 Å². The smallest absolute Gasteiger partial charge is 0.236 e. The highest BCUT2D eigenvalue weighted by atomic mass is 35.5. The van der Waals surface area contributed by atoms with E-state index in [0.29, 0.717) is 22.5 Å². The summed E-state index contributed by atoms with van der Waals surface area (Å²) in [5.41, 5.74) is 3.37. The maximum Gasteiger partial charge on any atom is 0.236 e. The number of ether oxygens (including phenoxy) is 2. The van der Waals surface area contributed by atoms with Gasteiger partial charge in [-0.15, -0.1) is 0 Å². The average molecular weight is 522 g/mol. The van der Waals surface area contributed by atoms with Crippen molar-refractivity contribution in [3.8, 4) is 11.5 Å². The van der Waals surface area contributed by atoms with Crippen molar-refractivity contribution in [1.29, 1.82) is 0 Å². The maximum atomic E-state index is 14.0. The topological polar surface area (TPSA) is 62.8 Å². The van der Waals surface area contributed by atoms with Gasteiger partial charge in [0.15, 0.2) is 10.8 Å². The summed E-state index contributed by atoms with van der Waals surface area (Å²) in [7, 11) is 0. The predicted octanol–water partition coefficient (Wildman–Crippen LogP) is 6.15. The first-order valence-corrected chi connectivity index (χ1v) is 12.7. The fourth-order valence-electron chi connectivity index (χ4n) is 5.17. The molecule has 0 aromatic heterocycles. The largest absolute Gasteiger partial charge is 0.494 e. The Labute approximate surface area is 221 Å². The summed E-state index contributed by atoms with van der Waals surface area (Å²) in [5.74, 6) is 0.593. The number of carbonyl (C=O) groups excluding carboxylic acids is 1. The van der Waals surface area contributed by atoms with E-state index in [-0.39, 0.29) is 5.91 Å². The predicted molar refractivity (Wildman–Crippen MR) is 147 cm³/mol. The molecule has 1 fully saturated rings. The first kappa shape index (κ1) is 24.4. The van der Waals surface area contributed by atoms with Gasteiger partial charge in [0.2, 0.25) is 5.91 Å². The van der Waals surface area contributed by atoms with Gasteiger partial charge in [-0.2, -0.15) is 0 Å². The molecular weight excluding hydrogens is 494 g/mol. The van der Waals surface area contributed by atoms with Gasteiger partial charge in [0.05, 0.1) is 12.6 Å². The second-order valence-electron chi connectivity index (χ2n) is 9.31. The second kappa shape index (κ2) is 9.30. The first-order valence-electron chi connectivity index (χ1n) is 11.9. The number of hydrogen-bond donors (Lipinski definition) is 2. The highest BCUT2D eigenvalue weighted by molar-refractivity contribution is 7.80. The first-order chi connectivity index (χ1) is 17.2. The highest BCUT2D eigenvalue weighted by Gasteiger charge is 2.59. The van der Waals surface area contributed by atoms with Gasteiger partial charge in [-0.3, -0.25) is 9.69 Å². The zero-order valence-electron chi connectivity index (χ0n) is 20.6. The Morgan fingerprint density at radius 3 is 2.61 bits per heavy atom. The molecule has 0 aliphatic carbocycles. The molecule has 0 spiro atoms. The van der Waals surface area contributed by atoms with E-state index < -0.39 is 17.7 Å². The van der Waals surface area contributed by atoms with Crippen molar-refractivity contribution in [2.24, 2.45) is 5.92 Å². The third-order valence-corrected chi connectivity index (χ3v) is 7.32. The molecule has 2 aliphatic rings. The Balaban J connectivity index is 1.59. The minimum atomic E-state index is -1.11. The van der Waals surface area contributed by atoms with Gasteiger partial charge in [-0.1, -0.05) is 29.3 Å². The molecular formula is C28H28ClN3O3S. The number of hydrogen-bond acceptors (Lipinski definition) is 4. The lowest BCUT2D eigenvalue weighted by atomic mass is 9.78. The minimum Gasteiger partial charge on any atom is -0.494 e.